The zero-order valence-corrected chi connectivity index (χ0v) is 12.3. The van der Waals surface area contributed by atoms with Crippen molar-refractivity contribution in [3.63, 3.8) is 0 Å². The molecule has 0 radical (unpaired) electrons. The Kier molecular flexibility index (Phi) is 3.76. The van der Waals surface area contributed by atoms with E-state index in [0.717, 1.165) is 18.4 Å². The number of anilines is 1. The molecule has 1 unspecified atom stereocenters. The van der Waals surface area contributed by atoms with Gasteiger partial charge in [0.15, 0.2) is 0 Å². The van der Waals surface area contributed by atoms with E-state index in [-0.39, 0.29) is 5.82 Å². The van der Waals surface area contributed by atoms with Crippen LogP contribution < -0.4 is 5.73 Å². The molecule has 104 valence electrons. The van der Waals surface area contributed by atoms with Gasteiger partial charge in [0, 0.05) is 11.3 Å². The van der Waals surface area contributed by atoms with Gasteiger partial charge in [0.2, 0.25) is 0 Å². The van der Waals surface area contributed by atoms with Gasteiger partial charge >= 0.3 is 0 Å². The minimum atomic E-state index is -1.33. The van der Waals surface area contributed by atoms with Crippen LogP contribution in [0.2, 0.25) is 0 Å². The summed E-state index contributed by atoms with van der Waals surface area (Å²) in [5.41, 5.74) is 8.15. The van der Waals surface area contributed by atoms with Crippen LogP contribution in [0, 0.1) is 5.82 Å². The monoisotopic (exact) mass is 282 g/mol. The van der Waals surface area contributed by atoms with Crippen molar-refractivity contribution in [1.82, 2.24) is 0 Å². The van der Waals surface area contributed by atoms with Crippen molar-refractivity contribution in [2.75, 3.05) is 5.73 Å². The van der Waals surface area contributed by atoms with Gasteiger partial charge in [-0.25, -0.2) is 8.60 Å². The number of hydrogen-bond acceptors (Lipinski definition) is 2. The van der Waals surface area contributed by atoms with E-state index >= 15 is 0 Å². The maximum atomic E-state index is 13.9. The topological polar surface area (TPSA) is 55.5 Å². The number of nitrogens with zero attached hydrogens (tertiary/aromatic N) is 1. The van der Waals surface area contributed by atoms with E-state index in [1.807, 2.05) is 20.8 Å². The van der Waals surface area contributed by atoms with Crippen molar-refractivity contribution in [1.29, 1.82) is 0 Å². The van der Waals surface area contributed by atoms with Crippen LogP contribution in [0.15, 0.2) is 16.5 Å². The molecule has 0 saturated heterocycles. The third-order valence-electron chi connectivity index (χ3n) is 3.09. The summed E-state index contributed by atoms with van der Waals surface area (Å²) in [6.45, 7) is 5.62. The Balaban J connectivity index is 2.48. The molecule has 0 heterocycles. The number of nitrogen functional groups attached to an aromatic ring is 1. The Hall–Kier alpha value is -1.23. The van der Waals surface area contributed by atoms with Gasteiger partial charge in [-0.1, -0.05) is 0 Å². The van der Waals surface area contributed by atoms with E-state index in [4.69, 9.17) is 5.73 Å². The first-order valence-electron chi connectivity index (χ1n) is 6.37. The Morgan fingerprint density at radius 2 is 2.00 bits per heavy atom. The quantitative estimate of drug-likeness (QED) is 0.805. The van der Waals surface area contributed by atoms with Crippen LogP contribution in [0.3, 0.4) is 0 Å². The molecule has 2 rings (SSSR count). The number of benzene rings is 1. The van der Waals surface area contributed by atoms with Crippen molar-refractivity contribution < 1.29 is 8.60 Å². The van der Waals surface area contributed by atoms with E-state index in [1.54, 1.807) is 6.07 Å². The zero-order valence-electron chi connectivity index (χ0n) is 11.5. The molecule has 0 bridgehead atoms. The van der Waals surface area contributed by atoms with Crippen molar-refractivity contribution in [3.8, 4) is 0 Å². The molecule has 5 heteroatoms. The Bertz CT molecular complexity index is 561. The van der Waals surface area contributed by atoms with Crippen LogP contribution in [-0.2, 0) is 17.4 Å². The van der Waals surface area contributed by atoms with Gasteiger partial charge in [0.1, 0.15) is 16.8 Å². The summed E-state index contributed by atoms with van der Waals surface area (Å²) in [5.74, 6) is -0.288. The lowest BCUT2D eigenvalue weighted by Crippen LogP contribution is -2.22. The highest BCUT2D eigenvalue weighted by Gasteiger charge is 2.24. The molecule has 0 aliphatic heterocycles. The summed E-state index contributed by atoms with van der Waals surface area (Å²) in [6.07, 6.45) is 2.23. The van der Waals surface area contributed by atoms with Gasteiger partial charge in [-0.15, -0.1) is 0 Å². The highest BCUT2D eigenvalue weighted by molar-refractivity contribution is 7.85. The molecule has 1 aromatic carbocycles. The number of halogens is 1. The van der Waals surface area contributed by atoms with E-state index in [0.29, 0.717) is 23.4 Å². The van der Waals surface area contributed by atoms with Gasteiger partial charge in [-0.2, -0.15) is 4.40 Å². The van der Waals surface area contributed by atoms with E-state index in [2.05, 4.69) is 4.40 Å². The first-order valence-corrected chi connectivity index (χ1v) is 7.47. The first-order chi connectivity index (χ1) is 8.79. The highest BCUT2D eigenvalue weighted by atomic mass is 32.2. The summed E-state index contributed by atoms with van der Waals surface area (Å²) < 4.78 is 29.9. The largest absolute Gasteiger partial charge is 0.399 e. The molecule has 0 saturated carbocycles. The summed E-state index contributed by atoms with van der Waals surface area (Å²) in [6, 6.07) is 3.07. The smallest absolute Gasteiger partial charge is 0.145 e. The fourth-order valence-corrected chi connectivity index (χ4v) is 2.73. The summed E-state index contributed by atoms with van der Waals surface area (Å²) >= 11 is 0. The van der Waals surface area contributed by atoms with Crippen LogP contribution in [-0.4, -0.2) is 14.7 Å². The van der Waals surface area contributed by atoms with Gasteiger partial charge in [-0.05, 0) is 57.7 Å². The minimum absolute atomic E-state index is 0.288. The van der Waals surface area contributed by atoms with Gasteiger partial charge < -0.3 is 5.73 Å². The highest BCUT2D eigenvalue weighted by Crippen LogP contribution is 2.28. The zero-order chi connectivity index (χ0) is 14.2. The molecule has 1 aromatic rings. The van der Waals surface area contributed by atoms with Crippen molar-refractivity contribution in [2.45, 2.75) is 44.8 Å². The third-order valence-corrected chi connectivity index (χ3v) is 4.52. The SMILES string of the molecule is CC(C)(C)S(=O)/N=C1\CCCc2c(F)cc(N)cc21. The molecule has 1 aliphatic carbocycles. The van der Waals surface area contributed by atoms with Crippen LogP contribution in [0.4, 0.5) is 10.1 Å². The second kappa shape index (κ2) is 5.04. The van der Waals surface area contributed by atoms with Crippen molar-refractivity contribution in [3.05, 3.63) is 29.1 Å². The number of nitrogens with two attached hydrogens (primary N) is 1. The van der Waals surface area contributed by atoms with Crippen molar-refractivity contribution >= 4 is 22.4 Å². The molecule has 0 aromatic heterocycles. The second-order valence-electron chi connectivity index (χ2n) is 5.78. The molecule has 19 heavy (non-hydrogen) atoms. The Labute approximate surface area is 115 Å². The minimum Gasteiger partial charge on any atom is -0.399 e. The predicted molar refractivity (Wildman–Crippen MR) is 78.2 cm³/mol. The summed E-state index contributed by atoms with van der Waals surface area (Å²) in [4.78, 5) is 0. The second-order valence-corrected chi connectivity index (χ2v) is 7.69. The van der Waals surface area contributed by atoms with E-state index < -0.39 is 15.7 Å². The van der Waals surface area contributed by atoms with Gasteiger partial charge in [0.25, 0.3) is 0 Å². The molecule has 2 N–H and O–H groups in total. The maximum absolute atomic E-state index is 13.9. The van der Waals surface area contributed by atoms with Crippen LogP contribution in [0.5, 0.6) is 0 Å². The van der Waals surface area contributed by atoms with Crippen LogP contribution in [0.25, 0.3) is 0 Å². The molecule has 0 spiro atoms. The Morgan fingerprint density at radius 1 is 1.32 bits per heavy atom. The van der Waals surface area contributed by atoms with Crippen LogP contribution >= 0.6 is 0 Å². The average Bonchev–Trinajstić information content (AvgIpc) is 2.28. The molecule has 0 amide bonds. The lowest BCUT2D eigenvalue weighted by molar-refractivity contribution is 0.602. The number of fused-ring (bicyclic) bond motifs is 1. The van der Waals surface area contributed by atoms with Gasteiger partial charge in [-0.3, -0.25) is 0 Å². The predicted octanol–water partition coefficient (Wildman–Crippen LogP) is 3.00. The molecule has 0 fully saturated rings. The fourth-order valence-electron chi connectivity index (χ4n) is 2.07. The van der Waals surface area contributed by atoms with Crippen LogP contribution in [0.1, 0.15) is 44.7 Å². The molecule has 1 atom stereocenters. The molecule has 1 aliphatic rings. The number of hydrogen-bond donors (Lipinski definition) is 1. The van der Waals surface area contributed by atoms with Gasteiger partial charge in [0.05, 0.1) is 10.5 Å². The lowest BCUT2D eigenvalue weighted by atomic mass is 9.89. The van der Waals surface area contributed by atoms with Crippen molar-refractivity contribution in [2.24, 2.45) is 4.40 Å². The normalized spacial score (nSPS) is 19.3. The Morgan fingerprint density at radius 3 is 2.63 bits per heavy atom. The average molecular weight is 282 g/mol. The lowest BCUT2D eigenvalue weighted by Gasteiger charge is -2.21. The summed E-state index contributed by atoms with van der Waals surface area (Å²) in [5, 5.41) is 0. The fraction of sp³-hybridized carbons (Fsp3) is 0.500. The standard InChI is InChI=1S/C14H19FN2OS/c1-14(2,3)19(18)17-13-6-4-5-10-11(13)7-9(16)8-12(10)15/h7-8H,4-6,16H2,1-3H3/b17-13+. The third kappa shape index (κ3) is 3.03. The maximum Gasteiger partial charge on any atom is 0.145 e. The first kappa shape index (κ1) is 14.2. The van der Waals surface area contributed by atoms with E-state index in [1.165, 1.54) is 6.07 Å². The molecular formula is C14H19FN2OS. The summed E-state index contributed by atoms with van der Waals surface area (Å²) in [7, 11) is -1.33. The van der Waals surface area contributed by atoms with E-state index in [9.17, 15) is 8.60 Å². The number of rotatable bonds is 1. The molecule has 3 nitrogen and oxygen atoms in total. The molecular weight excluding hydrogens is 263 g/mol.